The molecular formula is C22H25NO5. The molecule has 1 aliphatic carbocycles. The highest BCUT2D eigenvalue weighted by Crippen LogP contribution is 2.31. The number of benzene rings is 2. The van der Waals surface area contributed by atoms with E-state index < -0.39 is 12.1 Å². The first kappa shape index (κ1) is 19.7. The van der Waals surface area contributed by atoms with Crippen LogP contribution < -0.4 is 14.8 Å². The van der Waals surface area contributed by atoms with Gasteiger partial charge in [0.05, 0.1) is 14.2 Å². The number of para-hydroxylation sites is 1. The van der Waals surface area contributed by atoms with Crippen molar-refractivity contribution < 1.29 is 23.8 Å². The molecule has 6 nitrogen and oxygen atoms in total. The van der Waals surface area contributed by atoms with Crippen LogP contribution in [0.25, 0.3) is 0 Å². The normalized spacial score (nSPS) is 14.1. The van der Waals surface area contributed by atoms with E-state index in [0.29, 0.717) is 23.5 Å². The fourth-order valence-electron chi connectivity index (χ4n) is 2.98. The summed E-state index contributed by atoms with van der Waals surface area (Å²) in [6, 6.07) is 14.8. The van der Waals surface area contributed by atoms with Crippen LogP contribution in [0.15, 0.2) is 48.5 Å². The fraction of sp³-hybridized carbons (Fsp3) is 0.364. The zero-order valence-electron chi connectivity index (χ0n) is 16.1. The second-order valence-electron chi connectivity index (χ2n) is 6.72. The number of amides is 1. The van der Waals surface area contributed by atoms with Crippen molar-refractivity contribution in [3.63, 3.8) is 0 Å². The highest BCUT2D eigenvalue weighted by Gasteiger charge is 2.30. The van der Waals surface area contributed by atoms with E-state index in [2.05, 4.69) is 5.32 Å². The van der Waals surface area contributed by atoms with E-state index in [0.717, 1.165) is 18.4 Å². The van der Waals surface area contributed by atoms with E-state index in [-0.39, 0.29) is 18.4 Å². The van der Waals surface area contributed by atoms with Gasteiger partial charge >= 0.3 is 5.97 Å². The first-order chi connectivity index (χ1) is 13.6. The molecule has 1 saturated carbocycles. The molecule has 6 heteroatoms. The quantitative estimate of drug-likeness (QED) is 0.673. The number of aryl methyl sites for hydroxylation is 1. The molecule has 3 rings (SSSR count). The molecule has 0 aromatic heterocycles. The van der Waals surface area contributed by atoms with Crippen LogP contribution in [0.1, 0.15) is 36.5 Å². The summed E-state index contributed by atoms with van der Waals surface area (Å²) in [7, 11) is 3.13. The smallest absolute Gasteiger partial charge is 0.307 e. The van der Waals surface area contributed by atoms with Crippen molar-refractivity contribution in [1.29, 1.82) is 0 Å². The standard InChI is InChI=1S/C22H25NO5/c1-26-18-10-6-9-16(20(18)27-2)11-14-19(24)28-21(15-7-4-3-5-8-15)22(25)23-17-12-13-17/h3-10,17,21H,11-14H2,1-2H3,(H,23,25)/t21-/m1/s1. The highest BCUT2D eigenvalue weighted by atomic mass is 16.5. The van der Waals surface area contributed by atoms with Crippen LogP contribution in [-0.2, 0) is 20.7 Å². The SMILES string of the molecule is COc1cccc(CCC(=O)O[C@@H](C(=O)NC2CC2)c2ccccc2)c1OC. The Labute approximate surface area is 164 Å². The molecule has 1 N–H and O–H groups in total. The number of rotatable bonds is 9. The third kappa shape index (κ3) is 5.03. The van der Waals surface area contributed by atoms with Crippen molar-refractivity contribution in [1.82, 2.24) is 5.32 Å². The second-order valence-corrected chi connectivity index (χ2v) is 6.72. The fourth-order valence-corrected chi connectivity index (χ4v) is 2.98. The molecule has 28 heavy (non-hydrogen) atoms. The van der Waals surface area contributed by atoms with Crippen LogP contribution in [0.5, 0.6) is 11.5 Å². The first-order valence-electron chi connectivity index (χ1n) is 9.37. The number of carbonyl (C=O) groups is 2. The zero-order valence-corrected chi connectivity index (χ0v) is 16.1. The summed E-state index contributed by atoms with van der Waals surface area (Å²) in [5, 5.41) is 2.91. The van der Waals surface area contributed by atoms with E-state index >= 15 is 0 Å². The Kier molecular flexibility index (Phi) is 6.53. The molecule has 0 spiro atoms. The Morgan fingerprint density at radius 1 is 1.04 bits per heavy atom. The minimum atomic E-state index is -0.943. The molecule has 2 aromatic rings. The Morgan fingerprint density at radius 2 is 1.79 bits per heavy atom. The lowest BCUT2D eigenvalue weighted by atomic mass is 10.1. The molecule has 1 aliphatic rings. The van der Waals surface area contributed by atoms with Crippen molar-refractivity contribution in [2.45, 2.75) is 37.8 Å². The Balaban J connectivity index is 1.66. The van der Waals surface area contributed by atoms with Crippen molar-refractivity contribution in [2.24, 2.45) is 0 Å². The van der Waals surface area contributed by atoms with Crippen LogP contribution in [0.4, 0.5) is 0 Å². The van der Waals surface area contributed by atoms with Gasteiger partial charge in [-0.25, -0.2) is 0 Å². The van der Waals surface area contributed by atoms with E-state index in [1.165, 1.54) is 0 Å². The molecule has 148 valence electrons. The summed E-state index contributed by atoms with van der Waals surface area (Å²) in [5.41, 5.74) is 1.51. The number of nitrogens with one attached hydrogen (secondary N) is 1. The number of methoxy groups -OCH3 is 2. The maximum Gasteiger partial charge on any atom is 0.307 e. The number of esters is 1. The Morgan fingerprint density at radius 3 is 2.43 bits per heavy atom. The van der Waals surface area contributed by atoms with Gasteiger partial charge in [-0.2, -0.15) is 0 Å². The van der Waals surface area contributed by atoms with Gasteiger partial charge in [-0.1, -0.05) is 42.5 Å². The molecule has 1 atom stereocenters. The maximum absolute atomic E-state index is 12.6. The molecule has 1 amide bonds. The first-order valence-corrected chi connectivity index (χ1v) is 9.37. The van der Waals surface area contributed by atoms with E-state index in [1.54, 1.807) is 32.4 Å². The van der Waals surface area contributed by atoms with Crippen molar-refractivity contribution >= 4 is 11.9 Å². The average Bonchev–Trinajstić information content (AvgIpc) is 3.54. The molecule has 0 heterocycles. The summed E-state index contributed by atoms with van der Waals surface area (Å²) in [5.74, 6) is 0.494. The maximum atomic E-state index is 12.6. The lowest BCUT2D eigenvalue weighted by Gasteiger charge is -2.18. The lowest BCUT2D eigenvalue weighted by molar-refractivity contribution is -0.156. The van der Waals surface area contributed by atoms with Crippen LogP contribution in [-0.4, -0.2) is 32.1 Å². The highest BCUT2D eigenvalue weighted by molar-refractivity contribution is 5.85. The summed E-state index contributed by atoms with van der Waals surface area (Å²) in [6.07, 6.45) is 1.55. The van der Waals surface area contributed by atoms with Gasteiger partial charge in [-0.15, -0.1) is 0 Å². The molecule has 0 saturated heterocycles. The zero-order chi connectivity index (χ0) is 19.9. The molecule has 2 aromatic carbocycles. The van der Waals surface area contributed by atoms with Gasteiger partial charge in [0.2, 0.25) is 6.10 Å². The lowest BCUT2D eigenvalue weighted by Crippen LogP contribution is -2.33. The number of carbonyl (C=O) groups excluding carboxylic acids is 2. The minimum Gasteiger partial charge on any atom is -0.493 e. The molecule has 0 aliphatic heterocycles. The minimum absolute atomic E-state index is 0.129. The monoisotopic (exact) mass is 383 g/mol. The van der Waals surface area contributed by atoms with Crippen LogP contribution in [0.3, 0.4) is 0 Å². The van der Waals surface area contributed by atoms with E-state index in [1.807, 2.05) is 30.3 Å². The van der Waals surface area contributed by atoms with Gasteiger partial charge in [-0.3, -0.25) is 9.59 Å². The van der Waals surface area contributed by atoms with Gasteiger partial charge in [0.1, 0.15) is 0 Å². The molecule has 1 fully saturated rings. The molecule has 0 bridgehead atoms. The predicted octanol–water partition coefficient (Wildman–Crippen LogP) is 3.20. The van der Waals surface area contributed by atoms with E-state index in [4.69, 9.17) is 14.2 Å². The second kappa shape index (κ2) is 9.26. The van der Waals surface area contributed by atoms with Crippen molar-refractivity contribution in [3.8, 4) is 11.5 Å². The van der Waals surface area contributed by atoms with Crippen LogP contribution in [0.2, 0.25) is 0 Å². The summed E-state index contributed by atoms with van der Waals surface area (Å²) < 4.78 is 16.2. The van der Waals surface area contributed by atoms with Crippen LogP contribution >= 0.6 is 0 Å². The third-order valence-corrected chi connectivity index (χ3v) is 4.60. The number of ether oxygens (including phenoxy) is 3. The Bertz CT molecular complexity index is 817. The van der Waals surface area contributed by atoms with Crippen molar-refractivity contribution in [3.05, 3.63) is 59.7 Å². The average molecular weight is 383 g/mol. The largest absolute Gasteiger partial charge is 0.493 e. The van der Waals surface area contributed by atoms with Gasteiger partial charge < -0.3 is 19.5 Å². The summed E-state index contributed by atoms with van der Waals surface area (Å²) in [4.78, 5) is 25.0. The molecular weight excluding hydrogens is 358 g/mol. The third-order valence-electron chi connectivity index (χ3n) is 4.60. The molecule has 0 unspecified atom stereocenters. The Hall–Kier alpha value is -3.02. The predicted molar refractivity (Wildman–Crippen MR) is 104 cm³/mol. The number of hydrogen-bond donors (Lipinski definition) is 1. The van der Waals surface area contributed by atoms with Gasteiger partial charge in [-0.05, 0) is 30.9 Å². The van der Waals surface area contributed by atoms with Gasteiger partial charge in [0.25, 0.3) is 5.91 Å². The van der Waals surface area contributed by atoms with Crippen molar-refractivity contribution in [2.75, 3.05) is 14.2 Å². The van der Waals surface area contributed by atoms with E-state index in [9.17, 15) is 9.59 Å². The van der Waals surface area contributed by atoms with Gasteiger partial charge in [0, 0.05) is 18.0 Å². The number of hydrogen-bond acceptors (Lipinski definition) is 5. The molecule has 0 radical (unpaired) electrons. The summed E-state index contributed by atoms with van der Waals surface area (Å²) in [6.45, 7) is 0. The summed E-state index contributed by atoms with van der Waals surface area (Å²) >= 11 is 0. The van der Waals surface area contributed by atoms with Crippen LogP contribution in [0, 0.1) is 0 Å². The topological polar surface area (TPSA) is 73.9 Å². The van der Waals surface area contributed by atoms with Gasteiger partial charge in [0.15, 0.2) is 11.5 Å².